The number of ether oxygens (including phenoxy) is 1. The maximum Gasteiger partial charge on any atom is 0.247 e. The second-order valence-corrected chi connectivity index (χ2v) is 10.2. The molecule has 9 heteroatoms. The SMILES string of the molecule is CC(=O)N(C)C[C@H]1Oc2cc(-c3ccc(F)cc3)ccc2S(=O)(=O)N([C@@H](C)CO)C[C@H]1C. The minimum Gasteiger partial charge on any atom is -0.487 e. The summed E-state index contributed by atoms with van der Waals surface area (Å²) in [6.45, 7) is 5.06. The van der Waals surface area contributed by atoms with Gasteiger partial charge in [0.25, 0.3) is 0 Å². The number of rotatable bonds is 5. The predicted molar refractivity (Wildman–Crippen MR) is 119 cm³/mol. The van der Waals surface area contributed by atoms with Crippen LogP contribution in [0, 0.1) is 11.7 Å². The minimum absolute atomic E-state index is 0.00830. The molecule has 3 atom stereocenters. The second kappa shape index (κ2) is 9.56. The van der Waals surface area contributed by atoms with Gasteiger partial charge in [0, 0.05) is 32.5 Å². The molecule has 2 aromatic rings. The van der Waals surface area contributed by atoms with Crippen molar-refractivity contribution in [1.29, 1.82) is 0 Å². The number of carbonyl (C=O) groups is 1. The molecule has 1 N–H and O–H groups in total. The van der Waals surface area contributed by atoms with E-state index < -0.39 is 22.2 Å². The Kier molecular flexibility index (Phi) is 7.22. The average Bonchev–Trinajstić information content (AvgIpc) is 2.75. The number of halogens is 1. The summed E-state index contributed by atoms with van der Waals surface area (Å²) < 4.78 is 47.8. The first-order chi connectivity index (χ1) is 15.0. The van der Waals surface area contributed by atoms with Crippen LogP contribution in [0.3, 0.4) is 0 Å². The van der Waals surface area contributed by atoms with Gasteiger partial charge < -0.3 is 14.7 Å². The Morgan fingerprint density at radius 2 is 1.88 bits per heavy atom. The third-order valence-electron chi connectivity index (χ3n) is 5.84. The van der Waals surface area contributed by atoms with E-state index in [2.05, 4.69) is 0 Å². The van der Waals surface area contributed by atoms with Crippen LogP contribution in [0.2, 0.25) is 0 Å². The van der Waals surface area contributed by atoms with E-state index in [4.69, 9.17) is 4.74 Å². The van der Waals surface area contributed by atoms with E-state index in [1.165, 1.54) is 34.3 Å². The van der Waals surface area contributed by atoms with Crippen molar-refractivity contribution in [2.75, 3.05) is 26.7 Å². The molecule has 0 unspecified atom stereocenters. The highest BCUT2D eigenvalue weighted by Gasteiger charge is 2.38. The topological polar surface area (TPSA) is 87.2 Å². The van der Waals surface area contributed by atoms with Crippen LogP contribution in [0.25, 0.3) is 11.1 Å². The Balaban J connectivity index is 2.13. The van der Waals surface area contributed by atoms with E-state index in [0.29, 0.717) is 11.1 Å². The zero-order chi connectivity index (χ0) is 23.6. The average molecular weight is 465 g/mol. The molecule has 1 aliphatic rings. The number of carbonyl (C=O) groups excluding carboxylic acids is 1. The number of sulfonamides is 1. The molecule has 32 heavy (non-hydrogen) atoms. The first-order valence-electron chi connectivity index (χ1n) is 10.5. The van der Waals surface area contributed by atoms with Crippen molar-refractivity contribution in [2.24, 2.45) is 5.92 Å². The largest absolute Gasteiger partial charge is 0.487 e. The number of fused-ring (bicyclic) bond motifs is 1. The third-order valence-corrected chi connectivity index (χ3v) is 7.86. The lowest BCUT2D eigenvalue weighted by atomic mass is 10.0. The highest BCUT2D eigenvalue weighted by molar-refractivity contribution is 7.89. The third kappa shape index (κ3) is 4.95. The fourth-order valence-electron chi connectivity index (χ4n) is 3.66. The summed E-state index contributed by atoms with van der Waals surface area (Å²) in [5.41, 5.74) is 1.39. The maximum absolute atomic E-state index is 13.5. The second-order valence-electron chi connectivity index (χ2n) is 8.31. The predicted octanol–water partition coefficient (Wildman–Crippen LogP) is 2.74. The molecule has 7 nitrogen and oxygen atoms in total. The van der Waals surface area contributed by atoms with Gasteiger partial charge in [-0.1, -0.05) is 25.1 Å². The molecule has 0 aliphatic carbocycles. The zero-order valence-electron chi connectivity index (χ0n) is 18.7. The first-order valence-corrected chi connectivity index (χ1v) is 11.9. The molecule has 0 saturated heterocycles. The smallest absolute Gasteiger partial charge is 0.247 e. The fraction of sp³-hybridized carbons (Fsp3) is 0.435. The summed E-state index contributed by atoms with van der Waals surface area (Å²) in [6.07, 6.45) is -0.477. The van der Waals surface area contributed by atoms with Crippen LogP contribution in [0.1, 0.15) is 20.8 Å². The van der Waals surface area contributed by atoms with E-state index in [1.807, 2.05) is 6.92 Å². The van der Waals surface area contributed by atoms with Crippen molar-refractivity contribution >= 4 is 15.9 Å². The van der Waals surface area contributed by atoms with Gasteiger partial charge in [0.15, 0.2) is 0 Å². The lowest BCUT2D eigenvalue weighted by molar-refractivity contribution is -0.129. The van der Waals surface area contributed by atoms with E-state index in [0.717, 1.165) is 0 Å². The summed E-state index contributed by atoms with van der Waals surface area (Å²) in [5, 5.41) is 9.69. The number of aliphatic hydroxyl groups is 1. The number of amides is 1. The van der Waals surface area contributed by atoms with Crippen molar-refractivity contribution in [3.8, 4) is 16.9 Å². The lowest BCUT2D eigenvalue weighted by Gasteiger charge is -2.37. The van der Waals surface area contributed by atoms with Gasteiger partial charge in [-0.2, -0.15) is 4.31 Å². The van der Waals surface area contributed by atoms with Gasteiger partial charge in [-0.3, -0.25) is 4.79 Å². The van der Waals surface area contributed by atoms with E-state index in [1.54, 1.807) is 38.2 Å². The summed E-state index contributed by atoms with van der Waals surface area (Å²) in [7, 11) is -2.29. The molecular formula is C23H29FN2O5S. The molecule has 3 rings (SSSR count). The Morgan fingerprint density at radius 1 is 1.25 bits per heavy atom. The van der Waals surface area contributed by atoms with Crippen LogP contribution in [-0.2, 0) is 14.8 Å². The van der Waals surface area contributed by atoms with Gasteiger partial charge in [0.2, 0.25) is 15.9 Å². The van der Waals surface area contributed by atoms with E-state index in [9.17, 15) is 22.7 Å². The van der Waals surface area contributed by atoms with Crippen molar-refractivity contribution in [1.82, 2.24) is 9.21 Å². The van der Waals surface area contributed by atoms with Gasteiger partial charge in [-0.25, -0.2) is 12.8 Å². The summed E-state index contributed by atoms with van der Waals surface area (Å²) in [5.74, 6) is -0.594. The zero-order valence-corrected chi connectivity index (χ0v) is 19.5. The molecule has 0 saturated carbocycles. The molecule has 174 valence electrons. The molecule has 2 aromatic carbocycles. The molecular weight excluding hydrogens is 435 g/mol. The number of aliphatic hydroxyl groups excluding tert-OH is 1. The molecule has 0 aromatic heterocycles. The highest BCUT2D eigenvalue weighted by Crippen LogP contribution is 2.36. The summed E-state index contributed by atoms with van der Waals surface area (Å²) in [6, 6.07) is 10.0. The number of nitrogens with zero attached hydrogens (tertiary/aromatic N) is 2. The van der Waals surface area contributed by atoms with Crippen molar-refractivity contribution < 1.29 is 27.4 Å². The number of likely N-dealkylation sites (N-methyl/N-ethyl adjacent to an activating group) is 1. The molecule has 0 fully saturated rings. The highest BCUT2D eigenvalue weighted by atomic mass is 32.2. The Hall–Kier alpha value is -2.49. The van der Waals surface area contributed by atoms with Crippen LogP contribution < -0.4 is 4.74 Å². The maximum atomic E-state index is 13.5. The Morgan fingerprint density at radius 3 is 2.47 bits per heavy atom. The fourth-order valence-corrected chi connectivity index (χ4v) is 5.49. The minimum atomic E-state index is -3.95. The van der Waals surface area contributed by atoms with Crippen LogP contribution >= 0.6 is 0 Å². The Bertz CT molecular complexity index is 1070. The summed E-state index contributed by atoms with van der Waals surface area (Å²) in [4.78, 5) is 13.3. The van der Waals surface area contributed by atoms with Crippen molar-refractivity contribution in [3.05, 3.63) is 48.3 Å². The Labute approximate surface area is 188 Å². The van der Waals surface area contributed by atoms with Crippen LogP contribution in [-0.4, -0.2) is 67.5 Å². The lowest BCUT2D eigenvalue weighted by Crippen LogP contribution is -2.50. The van der Waals surface area contributed by atoms with Gasteiger partial charge >= 0.3 is 0 Å². The standard InChI is InChI=1S/C23H29FN2O5S/c1-15-12-26(16(2)14-27)32(29,30)23-10-7-19(18-5-8-20(24)9-6-18)11-21(23)31-22(15)13-25(4)17(3)28/h5-11,15-16,22,27H,12-14H2,1-4H3/t15-,16+,22-/m1/s1. The van der Waals surface area contributed by atoms with Gasteiger partial charge in [-0.15, -0.1) is 0 Å². The van der Waals surface area contributed by atoms with Gasteiger partial charge in [0.1, 0.15) is 22.6 Å². The van der Waals surface area contributed by atoms with Crippen LogP contribution in [0.4, 0.5) is 4.39 Å². The number of hydrogen-bond acceptors (Lipinski definition) is 5. The van der Waals surface area contributed by atoms with Gasteiger partial charge in [-0.05, 0) is 42.3 Å². The van der Waals surface area contributed by atoms with Crippen LogP contribution in [0.5, 0.6) is 5.75 Å². The normalized spacial score (nSPS) is 21.6. The van der Waals surface area contributed by atoms with Gasteiger partial charge in [0.05, 0.1) is 13.2 Å². The molecule has 0 bridgehead atoms. The molecule has 1 aliphatic heterocycles. The summed E-state index contributed by atoms with van der Waals surface area (Å²) >= 11 is 0. The molecule has 0 spiro atoms. The number of hydrogen-bond donors (Lipinski definition) is 1. The molecule has 1 amide bonds. The monoisotopic (exact) mass is 464 g/mol. The molecule has 1 heterocycles. The molecule has 0 radical (unpaired) electrons. The van der Waals surface area contributed by atoms with Crippen molar-refractivity contribution in [2.45, 2.75) is 37.8 Å². The quantitative estimate of drug-likeness (QED) is 0.735. The number of benzene rings is 2. The van der Waals surface area contributed by atoms with Crippen molar-refractivity contribution in [3.63, 3.8) is 0 Å². The first kappa shape index (κ1) is 24.2. The van der Waals surface area contributed by atoms with E-state index in [-0.39, 0.29) is 48.0 Å². The van der Waals surface area contributed by atoms with E-state index >= 15 is 0 Å². The van der Waals surface area contributed by atoms with Crippen LogP contribution in [0.15, 0.2) is 47.4 Å².